The molecule has 2 aromatic rings. The van der Waals surface area contributed by atoms with E-state index in [0.717, 1.165) is 28.6 Å². The molecule has 0 fully saturated rings. The molecule has 1 heterocycles. The summed E-state index contributed by atoms with van der Waals surface area (Å²) < 4.78 is 2.10. The van der Waals surface area contributed by atoms with Crippen LogP contribution in [0.25, 0.3) is 10.9 Å². The summed E-state index contributed by atoms with van der Waals surface area (Å²) in [6.45, 7) is 6.68. The second-order valence-corrected chi connectivity index (χ2v) is 4.45. The van der Waals surface area contributed by atoms with Gasteiger partial charge in [-0.25, -0.2) is 0 Å². The lowest BCUT2D eigenvalue weighted by Gasteiger charge is -2.04. The van der Waals surface area contributed by atoms with Crippen LogP contribution in [0.2, 0.25) is 0 Å². The molecule has 1 unspecified atom stereocenters. The Morgan fingerprint density at radius 2 is 2.18 bits per heavy atom. The number of hydrogen-bond acceptors (Lipinski definition) is 1. The fraction of sp³-hybridized carbons (Fsp3) is 0.357. The molecular formula is C14H17NO2. The Hall–Kier alpha value is -1.77. The zero-order valence-electron chi connectivity index (χ0n) is 10.4. The highest BCUT2D eigenvalue weighted by Crippen LogP contribution is 2.28. The molecule has 0 amide bonds. The standard InChI is InChI=1S/C14H17NO2/c1-4-15-8-12(10(3)14(16)17)11-7-9(2)5-6-13(11)15/h5-8,10H,4H2,1-3H3,(H,16,17). The summed E-state index contributed by atoms with van der Waals surface area (Å²) in [6.07, 6.45) is 1.96. The van der Waals surface area contributed by atoms with Gasteiger partial charge in [0.25, 0.3) is 0 Å². The molecule has 0 aliphatic carbocycles. The van der Waals surface area contributed by atoms with E-state index in [4.69, 9.17) is 5.11 Å². The summed E-state index contributed by atoms with van der Waals surface area (Å²) in [5.41, 5.74) is 3.17. The van der Waals surface area contributed by atoms with Crippen molar-refractivity contribution in [1.82, 2.24) is 4.57 Å². The fourth-order valence-corrected chi connectivity index (χ4v) is 2.18. The fourth-order valence-electron chi connectivity index (χ4n) is 2.18. The van der Waals surface area contributed by atoms with Gasteiger partial charge in [-0.15, -0.1) is 0 Å². The van der Waals surface area contributed by atoms with E-state index in [-0.39, 0.29) is 0 Å². The molecule has 3 heteroatoms. The molecule has 2 rings (SSSR count). The lowest BCUT2D eigenvalue weighted by atomic mass is 10.00. The third kappa shape index (κ3) is 1.93. The lowest BCUT2D eigenvalue weighted by Crippen LogP contribution is -2.06. The Morgan fingerprint density at radius 1 is 1.47 bits per heavy atom. The minimum atomic E-state index is -0.776. The first-order chi connectivity index (χ1) is 8.04. The normalized spacial score (nSPS) is 12.9. The molecule has 0 aliphatic heterocycles. The summed E-state index contributed by atoms with van der Waals surface area (Å²) in [4.78, 5) is 11.1. The molecule has 17 heavy (non-hydrogen) atoms. The number of carboxylic acids is 1. The summed E-state index contributed by atoms with van der Waals surface area (Å²) in [5.74, 6) is -1.24. The number of hydrogen-bond donors (Lipinski definition) is 1. The van der Waals surface area contributed by atoms with Gasteiger partial charge in [0.1, 0.15) is 0 Å². The molecule has 0 aliphatic rings. The number of nitrogens with zero attached hydrogens (tertiary/aromatic N) is 1. The van der Waals surface area contributed by atoms with Crippen LogP contribution in [0.1, 0.15) is 30.9 Å². The Kier molecular flexibility index (Phi) is 2.92. The predicted molar refractivity (Wildman–Crippen MR) is 68.4 cm³/mol. The zero-order valence-corrected chi connectivity index (χ0v) is 10.4. The molecule has 0 saturated heterocycles. The third-order valence-corrected chi connectivity index (χ3v) is 3.25. The van der Waals surface area contributed by atoms with Gasteiger partial charge >= 0.3 is 5.97 Å². The van der Waals surface area contributed by atoms with E-state index >= 15 is 0 Å². The average Bonchev–Trinajstić information content (AvgIpc) is 2.65. The first-order valence-corrected chi connectivity index (χ1v) is 5.86. The summed E-state index contributed by atoms with van der Waals surface area (Å²) >= 11 is 0. The van der Waals surface area contributed by atoms with E-state index in [1.807, 2.05) is 13.1 Å². The second kappa shape index (κ2) is 4.24. The van der Waals surface area contributed by atoms with Gasteiger partial charge in [-0.3, -0.25) is 4.79 Å². The quantitative estimate of drug-likeness (QED) is 0.881. The highest BCUT2D eigenvalue weighted by Gasteiger charge is 2.19. The van der Waals surface area contributed by atoms with Crippen LogP contribution < -0.4 is 0 Å². The van der Waals surface area contributed by atoms with Crippen LogP contribution in [0.5, 0.6) is 0 Å². The molecular weight excluding hydrogens is 214 g/mol. The molecule has 1 N–H and O–H groups in total. The molecule has 0 radical (unpaired) electrons. The monoisotopic (exact) mass is 231 g/mol. The Labute approximate surface area is 101 Å². The van der Waals surface area contributed by atoms with Crippen molar-refractivity contribution in [2.75, 3.05) is 0 Å². The van der Waals surface area contributed by atoms with Gasteiger partial charge in [0.15, 0.2) is 0 Å². The number of aliphatic carboxylic acids is 1. The first-order valence-electron chi connectivity index (χ1n) is 5.86. The van der Waals surface area contributed by atoms with Crippen molar-refractivity contribution in [3.8, 4) is 0 Å². The van der Waals surface area contributed by atoms with Crippen molar-refractivity contribution in [3.63, 3.8) is 0 Å². The van der Waals surface area contributed by atoms with Gasteiger partial charge in [0.2, 0.25) is 0 Å². The Bertz CT molecular complexity index is 569. The van der Waals surface area contributed by atoms with E-state index in [2.05, 4.69) is 29.7 Å². The SMILES string of the molecule is CCn1cc(C(C)C(=O)O)c2cc(C)ccc21. The molecule has 0 spiro atoms. The smallest absolute Gasteiger partial charge is 0.310 e. The van der Waals surface area contributed by atoms with Crippen molar-refractivity contribution < 1.29 is 9.90 Å². The maximum atomic E-state index is 11.1. The Balaban J connectivity index is 2.70. The highest BCUT2D eigenvalue weighted by atomic mass is 16.4. The molecule has 0 bridgehead atoms. The second-order valence-electron chi connectivity index (χ2n) is 4.45. The number of carbonyl (C=O) groups is 1. The van der Waals surface area contributed by atoms with Crippen LogP contribution in [-0.4, -0.2) is 15.6 Å². The van der Waals surface area contributed by atoms with Gasteiger partial charge in [-0.05, 0) is 38.5 Å². The zero-order chi connectivity index (χ0) is 12.6. The van der Waals surface area contributed by atoms with Gasteiger partial charge in [0.05, 0.1) is 5.92 Å². The van der Waals surface area contributed by atoms with Crippen LogP contribution in [0, 0.1) is 6.92 Å². The molecule has 1 atom stereocenters. The van der Waals surface area contributed by atoms with Crippen LogP contribution >= 0.6 is 0 Å². The largest absolute Gasteiger partial charge is 0.481 e. The highest BCUT2D eigenvalue weighted by molar-refractivity contribution is 5.90. The first kappa shape index (κ1) is 11.7. The van der Waals surface area contributed by atoms with E-state index in [1.54, 1.807) is 6.92 Å². The number of aryl methyl sites for hydroxylation is 2. The molecule has 1 aromatic carbocycles. The predicted octanol–water partition coefficient (Wildman–Crippen LogP) is 3.16. The topological polar surface area (TPSA) is 42.2 Å². The maximum Gasteiger partial charge on any atom is 0.310 e. The number of carboxylic acid groups (broad SMARTS) is 1. The van der Waals surface area contributed by atoms with Crippen LogP contribution in [0.15, 0.2) is 24.4 Å². The van der Waals surface area contributed by atoms with Gasteiger partial charge in [0, 0.05) is 23.6 Å². The number of rotatable bonds is 3. The van der Waals surface area contributed by atoms with E-state index in [0.29, 0.717) is 0 Å². The maximum absolute atomic E-state index is 11.1. The van der Waals surface area contributed by atoms with Crippen molar-refractivity contribution in [2.24, 2.45) is 0 Å². The van der Waals surface area contributed by atoms with E-state index in [1.165, 1.54) is 0 Å². The van der Waals surface area contributed by atoms with Crippen molar-refractivity contribution in [3.05, 3.63) is 35.5 Å². The van der Waals surface area contributed by atoms with Crippen LogP contribution in [-0.2, 0) is 11.3 Å². The van der Waals surface area contributed by atoms with Crippen molar-refractivity contribution >= 4 is 16.9 Å². The third-order valence-electron chi connectivity index (χ3n) is 3.25. The van der Waals surface area contributed by atoms with Crippen LogP contribution in [0.4, 0.5) is 0 Å². The van der Waals surface area contributed by atoms with Gasteiger partial charge in [-0.1, -0.05) is 11.6 Å². The average molecular weight is 231 g/mol. The van der Waals surface area contributed by atoms with Gasteiger partial charge < -0.3 is 9.67 Å². The van der Waals surface area contributed by atoms with E-state index in [9.17, 15) is 4.79 Å². The molecule has 90 valence electrons. The van der Waals surface area contributed by atoms with Gasteiger partial charge in [-0.2, -0.15) is 0 Å². The van der Waals surface area contributed by atoms with Crippen LogP contribution in [0.3, 0.4) is 0 Å². The van der Waals surface area contributed by atoms with Crippen molar-refractivity contribution in [2.45, 2.75) is 33.2 Å². The molecule has 0 saturated carbocycles. The number of fused-ring (bicyclic) bond motifs is 1. The minimum absolute atomic E-state index is 0.466. The lowest BCUT2D eigenvalue weighted by molar-refractivity contribution is -0.138. The molecule has 1 aromatic heterocycles. The summed E-state index contributed by atoms with van der Waals surface area (Å²) in [7, 11) is 0. The number of benzene rings is 1. The summed E-state index contributed by atoms with van der Waals surface area (Å²) in [5, 5.41) is 10.2. The number of aromatic nitrogens is 1. The minimum Gasteiger partial charge on any atom is -0.481 e. The van der Waals surface area contributed by atoms with E-state index < -0.39 is 11.9 Å². The molecule has 3 nitrogen and oxygen atoms in total. The summed E-state index contributed by atoms with van der Waals surface area (Å²) in [6, 6.07) is 6.19. The van der Waals surface area contributed by atoms with Crippen molar-refractivity contribution in [1.29, 1.82) is 0 Å². The Morgan fingerprint density at radius 3 is 2.76 bits per heavy atom.